The summed E-state index contributed by atoms with van der Waals surface area (Å²) in [7, 11) is -5.48. The van der Waals surface area contributed by atoms with Crippen LogP contribution in [0.3, 0.4) is 0 Å². The van der Waals surface area contributed by atoms with Crippen LogP contribution >= 0.6 is 0 Å². The molecule has 4 rings (SSSR count). The van der Waals surface area contributed by atoms with E-state index in [9.17, 15) is 26.0 Å². The van der Waals surface area contributed by atoms with Crippen LogP contribution in [0.5, 0.6) is 0 Å². The van der Waals surface area contributed by atoms with Crippen molar-refractivity contribution < 1.29 is 30.7 Å². The number of rotatable bonds is 7. The molecule has 1 N–H and O–H groups in total. The van der Waals surface area contributed by atoms with Crippen molar-refractivity contribution in [2.24, 2.45) is 5.92 Å². The lowest BCUT2D eigenvalue weighted by Gasteiger charge is -2.40. The number of hydrogen-bond acceptors (Lipinski definition) is 6. The van der Waals surface area contributed by atoms with E-state index in [-0.39, 0.29) is 37.4 Å². The van der Waals surface area contributed by atoms with Crippen molar-refractivity contribution in [2.45, 2.75) is 55.7 Å². The maximum atomic E-state index is 13.6. The summed E-state index contributed by atoms with van der Waals surface area (Å²) in [6, 6.07) is 9.11. The fourth-order valence-corrected chi connectivity index (χ4v) is 5.72. The van der Waals surface area contributed by atoms with E-state index < -0.39 is 27.5 Å². The molecule has 0 radical (unpaired) electrons. The number of piperidine rings is 1. The second kappa shape index (κ2) is 10.8. The van der Waals surface area contributed by atoms with Crippen LogP contribution in [-0.2, 0) is 14.8 Å². The van der Waals surface area contributed by atoms with Crippen LogP contribution in [0, 0.1) is 11.7 Å². The minimum absolute atomic E-state index is 0.0911. The van der Waals surface area contributed by atoms with Gasteiger partial charge in [-0.1, -0.05) is 12.1 Å². The number of alkyl halides is 3. The molecular weight excluding hydrogens is 488 g/mol. The van der Waals surface area contributed by atoms with Gasteiger partial charge in [0.15, 0.2) is 5.82 Å². The predicted octanol–water partition coefficient (Wildman–Crippen LogP) is 3.99. The SMILES string of the molecule is O=S(=O)(NC1CCN(c2cccnn2)CC1COC1CCC(c2cccc(F)c2)CC1)C(F)(F)F. The smallest absolute Gasteiger partial charge is 0.378 e. The van der Waals surface area contributed by atoms with Crippen LogP contribution in [0.25, 0.3) is 0 Å². The lowest BCUT2D eigenvalue weighted by atomic mass is 9.82. The molecule has 12 heteroatoms. The fraction of sp³-hybridized carbons (Fsp3) is 0.565. The van der Waals surface area contributed by atoms with Gasteiger partial charge < -0.3 is 9.64 Å². The van der Waals surface area contributed by atoms with Gasteiger partial charge in [0.2, 0.25) is 0 Å². The Hall–Kier alpha value is -2.31. The Morgan fingerprint density at radius 3 is 2.51 bits per heavy atom. The van der Waals surface area contributed by atoms with Gasteiger partial charge >= 0.3 is 15.5 Å². The average molecular weight is 517 g/mol. The van der Waals surface area contributed by atoms with Crippen molar-refractivity contribution in [3.63, 3.8) is 0 Å². The molecule has 192 valence electrons. The zero-order chi connectivity index (χ0) is 25.1. The fourth-order valence-electron chi connectivity index (χ4n) is 4.88. The Morgan fingerprint density at radius 2 is 1.86 bits per heavy atom. The Morgan fingerprint density at radius 1 is 1.09 bits per heavy atom. The first kappa shape index (κ1) is 25.8. The van der Waals surface area contributed by atoms with Crippen molar-refractivity contribution in [3.05, 3.63) is 54.0 Å². The minimum Gasteiger partial charge on any atom is -0.378 e. The number of nitrogens with one attached hydrogen (secondary N) is 1. The standard InChI is InChI=1S/C23H28F4N4O3S/c24-19-4-1-3-17(13-19)16-6-8-20(9-7-16)34-15-18-14-31(22-5-2-11-28-29-22)12-10-21(18)30-35(32,33)23(25,26)27/h1-5,11,13,16,18,20-21,30H,6-10,12,14-15H2. The van der Waals surface area contributed by atoms with Crippen LogP contribution in [0.2, 0.25) is 0 Å². The number of benzene rings is 1. The molecule has 2 atom stereocenters. The molecule has 0 spiro atoms. The Kier molecular flexibility index (Phi) is 7.92. The number of anilines is 1. The molecule has 35 heavy (non-hydrogen) atoms. The third-order valence-electron chi connectivity index (χ3n) is 6.77. The van der Waals surface area contributed by atoms with Crippen molar-refractivity contribution in [1.82, 2.24) is 14.9 Å². The second-order valence-corrected chi connectivity index (χ2v) is 10.8. The molecule has 1 aliphatic heterocycles. The lowest BCUT2D eigenvalue weighted by Crippen LogP contribution is -2.55. The molecule has 1 aliphatic carbocycles. The highest BCUT2D eigenvalue weighted by Crippen LogP contribution is 2.35. The van der Waals surface area contributed by atoms with Gasteiger partial charge in [-0.05, 0) is 67.9 Å². The van der Waals surface area contributed by atoms with Crippen LogP contribution in [-0.4, -0.2) is 56.0 Å². The number of nitrogens with zero attached hydrogens (tertiary/aromatic N) is 3. The maximum absolute atomic E-state index is 13.6. The number of aromatic nitrogens is 2. The van der Waals surface area contributed by atoms with Gasteiger partial charge in [0.25, 0.3) is 0 Å². The first-order chi connectivity index (χ1) is 16.6. The van der Waals surface area contributed by atoms with Gasteiger partial charge in [-0.25, -0.2) is 17.5 Å². The van der Waals surface area contributed by atoms with Crippen LogP contribution in [0.1, 0.15) is 43.6 Å². The van der Waals surface area contributed by atoms with E-state index in [1.165, 1.54) is 12.3 Å². The molecule has 2 aliphatic rings. The van der Waals surface area contributed by atoms with Crippen LogP contribution in [0.15, 0.2) is 42.6 Å². The van der Waals surface area contributed by atoms with Crippen LogP contribution in [0.4, 0.5) is 23.4 Å². The summed E-state index contributed by atoms with van der Waals surface area (Å²) in [5, 5.41) is 7.90. The van der Waals surface area contributed by atoms with E-state index in [0.29, 0.717) is 12.4 Å². The van der Waals surface area contributed by atoms with Crippen molar-refractivity contribution in [1.29, 1.82) is 0 Å². The molecule has 2 aromatic rings. The molecular formula is C23H28F4N4O3S. The van der Waals surface area contributed by atoms with Gasteiger partial charge in [0.05, 0.1) is 12.7 Å². The summed E-state index contributed by atoms with van der Waals surface area (Å²) < 4.78 is 84.1. The quantitative estimate of drug-likeness (QED) is 0.561. The summed E-state index contributed by atoms with van der Waals surface area (Å²) >= 11 is 0. The van der Waals surface area contributed by atoms with Gasteiger partial charge in [0.1, 0.15) is 5.82 Å². The zero-order valence-electron chi connectivity index (χ0n) is 19.0. The third kappa shape index (κ3) is 6.47. The molecule has 2 heterocycles. The van der Waals surface area contributed by atoms with Crippen molar-refractivity contribution in [3.8, 4) is 0 Å². The third-order valence-corrected chi connectivity index (χ3v) is 7.99. The highest BCUT2D eigenvalue weighted by atomic mass is 32.2. The monoisotopic (exact) mass is 516 g/mol. The number of sulfonamides is 1. The normalized spacial score (nSPS) is 26.0. The first-order valence-electron chi connectivity index (χ1n) is 11.6. The number of ether oxygens (including phenoxy) is 1. The molecule has 2 fully saturated rings. The Bertz CT molecular complexity index is 1080. The van der Waals surface area contributed by atoms with E-state index in [1.807, 2.05) is 15.7 Å². The molecule has 1 saturated carbocycles. The highest BCUT2D eigenvalue weighted by molar-refractivity contribution is 7.90. The number of hydrogen-bond donors (Lipinski definition) is 1. The van der Waals surface area contributed by atoms with E-state index in [1.54, 1.807) is 24.3 Å². The predicted molar refractivity (Wildman–Crippen MR) is 122 cm³/mol. The van der Waals surface area contributed by atoms with Crippen molar-refractivity contribution >= 4 is 15.8 Å². The van der Waals surface area contributed by atoms with Gasteiger partial charge in [-0.3, -0.25) is 0 Å². The molecule has 0 amide bonds. The summed E-state index contributed by atoms with van der Waals surface area (Å²) in [4.78, 5) is 1.88. The second-order valence-electron chi connectivity index (χ2n) is 9.11. The Balaban J connectivity index is 1.39. The maximum Gasteiger partial charge on any atom is 0.511 e. The highest BCUT2D eigenvalue weighted by Gasteiger charge is 2.48. The van der Waals surface area contributed by atoms with Crippen molar-refractivity contribution in [2.75, 3.05) is 24.6 Å². The first-order valence-corrected chi connectivity index (χ1v) is 13.1. The van der Waals surface area contributed by atoms with Gasteiger partial charge in [-0.2, -0.15) is 18.3 Å². The van der Waals surface area contributed by atoms with Gasteiger partial charge in [0, 0.05) is 31.2 Å². The van der Waals surface area contributed by atoms with Crippen LogP contribution < -0.4 is 9.62 Å². The molecule has 1 aromatic heterocycles. The average Bonchev–Trinajstić information content (AvgIpc) is 2.83. The molecule has 0 bridgehead atoms. The molecule has 7 nitrogen and oxygen atoms in total. The van der Waals surface area contributed by atoms with E-state index in [2.05, 4.69) is 10.2 Å². The minimum atomic E-state index is -5.48. The van der Waals surface area contributed by atoms with Gasteiger partial charge in [-0.15, -0.1) is 5.10 Å². The topological polar surface area (TPSA) is 84.4 Å². The van der Waals surface area contributed by atoms with E-state index >= 15 is 0 Å². The largest absolute Gasteiger partial charge is 0.511 e. The zero-order valence-corrected chi connectivity index (χ0v) is 19.8. The Labute approximate surface area is 201 Å². The summed E-state index contributed by atoms with van der Waals surface area (Å²) in [5.74, 6) is 0.0333. The summed E-state index contributed by atoms with van der Waals surface area (Å²) in [6.45, 7) is 0.721. The lowest BCUT2D eigenvalue weighted by molar-refractivity contribution is -0.0460. The molecule has 1 aromatic carbocycles. The summed E-state index contributed by atoms with van der Waals surface area (Å²) in [5.41, 5.74) is -4.42. The summed E-state index contributed by atoms with van der Waals surface area (Å²) in [6.07, 6.45) is 4.71. The van der Waals surface area contributed by atoms with E-state index in [4.69, 9.17) is 4.74 Å². The molecule has 2 unspecified atom stereocenters. The molecule has 1 saturated heterocycles. The number of halogens is 4. The van der Waals surface area contributed by atoms with E-state index in [0.717, 1.165) is 31.2 Å².